The highest BCUT2D eigenvalue weighted by Crippen LogP contribution is 2.42. The fourth-order valence-corrected chi connectivity index (χ4v) is 9.47. The molecular weight excluding hydrogens is 701 g/mol. The molecule has 270 valence electrons. The van der Waals surface area contributed by atoms with E-state index in [2.05, 4.69) is 228 Å². The average molecular weight is 737 g/mol. The Morgan fingerprint density at radius 1 is 0.224 bits per heavy atom. The molecule has 0 atom stereocenters. The fraction of sp³-hybridized carbons (Fsp3) is 0. The molecule has 0 N–H and O–H groups in total. The molecule has 10 aromatic carbocycles. The van der Waals surface area contributed by atoms with Crippen molar-refractivity contribution in [3.05, 3.63) is 218 Å². The van der Waals surface area contributed by atoms with Crippen molar-refractivity contribution in [1.29, 1.82) is 0 Å². The number of hydrogen-bond donors (Lipinski definition) is 0. The van der Waals surface area contributed by atoms with Crippen LogP contribution < -0.4 is 0 Å². The quantitative estimate of drug-likeness (QED) is 0.156. The van der Waals surface area contributed by atoms with E-state index in [-0.39, 0.29) is 0 Å². The van der Waals surface area contributed by atoms with Gasteiger partial charge in [-0.25, -0.2) is 0 Å². The molecule has 0 aliphatic carbocycles. The minimum atomic E-state index is 1.15. The van der Waals surface area contributed by atoms with Crippen LogP contribution in [-0.2, 0) is 0 Å². The zero-order valence-electron chi connectivity index (χ0n) is 31.7. The zero-order chi connectivity index (χ0) is 38.2. The van der Waals surface area contributed by atoms with E-state index in [4.69, 9.17) is 0 Å². The molecule has 0 amide bonds. The van der Waals surface area contributed by atoms with Gasteiger partial charge in [0.15, 0.2) is 0 Å². The number of fused-ring (bicyclic) bond motifs is 9. The number of rotatable bonds is 5. The van der Waals surface area contributed by atoms with Gasteiger partial charge in [0.25, 0.3) is 0 Å². The minimum Gasteiger partial charge on any atom is -0.309 e. The molecule has 12 rings (SSSR count). The summed E-state index contributed by atoms with van der Waals surface area (Å²) in [5.41, 5.74) is 14.4. The zero-order valence-corrected chi connectivity index (χ0v) is 31.7. The number of aromatic nitrogens is 2. The predicted molar refractivity (Wildman–Crippen MR) is 246 cm³/mol. The van der Waals surface area contributed by atoms with Gasteiger partial charge < -0.3 is 9.13 Å². The monoisotopic (exact) mass is 736 g/mol. The average Bonchev–Trinajstić information content (AvgIpc) is 3.82. The van der Waals surface area contributed by atoms with Crippen molar-refractivity contribution < 1.29 is 0 Å². The van der Waals surface area contributed by atoms with E-state index in [0.717, 1.165) is 11.4 Å². The third-order valence-electron chi connectivity index (χ3n) is 12.2. The second kappa shape index (κ2) is 12.9. The second-order valence-corrected chi connectivity index (χ2v) is 15.3. The first-order chi connectivity index (χ1) is 28.8. The standard InChI is InChI=1S/C56H36N2/c1-2-13-43-38(12-1)28-34-46-44(43)18-11-19-45(46)47-35-29-40(37-24-30-41(31-25-37)57-53-20-7-3-14-48(53)49-15-4-8-21-54(49)57)36-52(47)39-26-32-42(33-27-39)58-55-22-9-5-16-50(55)51-17-6-10-23-56(51)58/h1-36H. The first-order valence-electron chi connectivity index (χ1n) is 20.0. The summed E-state index contributed by atoms with van der Waals surface area (Å²) in [5.74, 6) is 0. The summed E-state index contributed by atoms with van der Waals surface area (Å²) in [6, 6.07) is 80.0. The van der Waals surface area contributed by atoms with Crippen molar-refractivity contribution >= 4 is 65.2 Å². The van der Waals surface area contributed by atoms with Crippen molar-refractivity contribution in [3.8, 4) is 44.8 Å². The molecule has 0 spiro atoms. The Kier molecular flexibility index (Phi) is 7.26. The van der Waals surface area contributed by atoms with Gasteiger partial charge in [-0.05, 0) is 110 Å². The molecule has 0 fully saturated rings. The number of hydrogen-bond acceptors (Lipinski definition) is 0. The summed E-state index contributed by atoms with van der Waals surface area (Å²) >= 11 is 0. The molecular formula is C56H36N2. The lowest BCUT2D eigenvalue weighted by Gasteiger charge is -2.17. The highest BCUT2D eigenvalue weighted by Gasteiger charge is 2.17. The van der Waals surface area contributed by atoms with Gasteiger partial charge in [0, 0.05) is 32.9 Å². The van der Waals surface area contributed by atoms with Crippen LogP contribution >= 0.6 is 0 Å². The maximum absolute atomic E-state index is 2.39. The molecule has 0 saturated carbocycles. The summed E-state index contributed by atoms with van der Waals surface area (Å²) in [6.07, 6.45) is 0. The van der Waals surface area contributed by atoms with E-state index in [0.29, 0.717) is 0 Å². The molecule has 0 unspecified atom stereocenters. The van der Waals surface area contributed by atoms with Gasteiger partial charge in [-0.15, -0.1) is 0 Å². The maximum Gasteiger partial charge on any atom is 0.0541 e. The van der Waals surface area contributed by atoms with Gasteiger partial charge in [-0.1, -0.05) is 164 Å². The molecule has 0 aliphatic rings. The van der Waals surface area contributed by atoms with Gasteiger partial charge in [0.05, 0.1) is 22.1 Å². The molecule has 2 nitrogen and oxygen atoms in total. The van der Waals surface area contributed by atoms with Gasteiger partial charge >= 0.3 is 0 Å². The second-order valence-electron chi connectivity index (χ2n) is 15.3. The largest absolute Gasteiger partial charge is 0.309 e. The molecule has 2 heterocycles. The van der Waals surface area contributed by atoms with E-state index in [1.165, 1.54) is 98.5 Å². The highest BCUT2D eigenvalue weighted by molar-refractivity contribution is 6.14. The predicted octanol–water partition coefficient (Wildman–Crippen LogP) is 15.2. The molecule has 2 heteroatoms. The molecule has 0 saturated heterocycles. The van der Waals surface area contributed by atoms with E-state index in [9.17, 15) is 0 Å². The Hall–Kier alpha value is -7.68. The van der Waals surface area contributed by atoms with Crippen LogP contribution in [0.3, 0.4) is 0 Å². The third-order valence-corrected chi connectivity index (χ3v) is 12.2. The van der Waals surface area contributed by atoms with E-state index < -0.39 is 0 Å². The summed E-state index contributed by atoms with van der Waals surface area (Å²) in [4.78, 5) is 0. The first-order valence-corrected chi connectivity index (χ1v) is 20.0. The molecule has 2 aromatic heterocycles. The van der Waals surface area contributed by atoms with Crippen LogP contribution in [0.4, 0.5) is 0 Å². The summed E-state index contributed by atoms with van der Waals surface area (Å²) in [7, 11) is 0. The smallest absolute Gasteiger partial charge is 0.0541 e. The lowest BCUT2D eigenvalue weighted by atomic mass is 9.88. The van der Waals surface area contributed by atoms with Crippen LogP contribution in [0.25, 0.3) is 110 Å². The number of nitrogens with zero attached hydrogens (tertiary/aromatic N) is 2. The Morgan fingerprint density at radius 2 is 0.672 bits per heavy atom. The summed E-state index contributed by atoms with van der Waals surface area (Å²) in [5, 5.41) is 10.1. The van der Waals surface area contributed by atoms with Crippen molar-refractivity contribution in [1.82, 2.24) is 9.13 Å². The van der Waals surface area contributed by atoms with Gasteiger partial charge in [0.1, 0.15) is 0 Å². The van der Waals surface area contributed by atoms with Crippen LogP contribution in [0.2, 0.25) is 0 Å². The van der Waals surface area contributed by atoms with Crippen molar-refractivity contribution in [2.24, 2.45) is 0 Å². The minimum absolute atomic E-state index is 1.15. The molecule has 0 radical (unpaired) electrons. The van der Waals surface area contributed by atoms with Gasteiger partial charge in [-0.3, -0.25) is 0 Å². The normalized spacial score (nSPS) is 11.8. The van der Waals surface area contributed by atoms with Crippen LogP contribution in [-0.4, -0.2) is 9.13 Å². The lowest BCUT2D eigenvalue weighted by molar-refractivity contribution is 1.18. The Morgan fingerprint density at radius 3 is 1.22 bits per heavy atom. The van der Waals surface area contributed by atoms with Crippen molar-refractivity contribution in [3.63, 3.8) is 0 Å². The first kappa shape index (κ1) is 32.6. The van der Waals surface area contributed by atoms with Crippen molar-refractivity contribution in [2.45, 2.75) is 0 Å². The lowest BCUT2D eigenvalue weighted by Crippen LogP contribution is -1.95. The van der Waals surface area contributed by atoms with Gasteiger partial charge in [0.2, 0.25) is 0 Å². The van der Waals surface area contributed by atoms with Gasteiger partial charge in [-0.2, -0.15) is 0 Å². The molecule has 0 aliphatic heterocycles. The molecule has 12 aromatic rings. The Bertz CT molecular complexity index is 3440. The Balaban J connectivity index is 1.02. The summed E-state index contributed by atoms with van der Waals surface area (Å²) in [6.45, 7) is 0. The highest BCUT2D eigenvalue weighted by atomic mass is 15.0. The van der Waals surface area contributed by atoms with Crippen LogP contribution in [0, 0.1) is 0 Å². The maximum atomic E-state index is 2.39. The van der Waals surface area contributed by atoms with Crippen molar-refractivity contribution in [2.75, 3.05) is 0 Å². The number of benzene rings is 10. The van der Waals surface area contributed by atoms with Crippen LogP contribution in [0.15, 0.2) is 218 Å². The molecule has 58 heavy (non-hydrogen) atoms. The topological polar surface area (TPSA) is 9.86 Å². The Labute approximate surface area is 336 Å². The van der Waals surface area contributed by atoms with E-state index >= 15 is 0 Å². The summed E-state index contributed by atoms with van der Waals surface area (Å²) < 4.78 is 4.77. The number of para-hydroxylation sites is 4. The fourth-order valence-electron chi connectivity index (χ4n) is 9.47. The van der Waals surface area contributed by atoms with Crippen LogP contribution in [0.5, 0.6) is 0 Å². The molecule has 0 bridgehead atoms. The SMILES string of the molecule is c1ccc2c(c1)ccc1c(-c3ccc(-c4ccc(-n5c6ccccc6c6ccccc65)cc4)cc3-c3ccc(-n4c5ccccc5c5ccccc54)cc3)cccc12. The third kappa shape index (κ3) is 4.99. The van der Waals surface area contributed by atoms with E-state index in [1.54, 1.807) is 0 Å². The van der Waals surface area contributed by atoms with E-state index in [1.807, 2.05) is 0 Å². The van der Waals surface area contributed by atoms with Crippen LogP contribution in [0.1, 0.15) is 0 Å².